The highest BCUT2D eigenvalue weighted by atomic mass is 16.5. The van der Waals surface area contributed by atoms with Crippen molar-refractivity contribution in [2.75, 3.05) is 7.11 Å². The zero-order valence-electron chi connectivity index (χ0n) is 8.09. The molecule has 0 bridgehead atoms. The van der Waals surface area contributed by atoms with Gasteiger partial charge >= 0.3 is 5.97 Å². The van der Waals surface area contributed by atoms with Crippen molar-refractivity contribution in [3.63, 3.8) is 0 Å². The summed E-state index contributed by atoms with van der Waals surface area (Å²) in [7, 11) is 1.38. The van der Waals surface area contributed by atoms with Crippen LogP contribution in [0.25, 0.3) is 10.4 Å². The van der Waals surface area contributed by atoms with Gasteiger partial charge < -0.3 is 4.74 Å². The van der Waals surface area contributed by atoms with Gasteiger partial charge in [0.15, 0.2) is 0 Å². The van der Waals surface area contributed by atoms with Crippen LogP contribution in [0.5, 0.6) is 0 Å². The third kappa shape index (κ3) is 3.11. The molecule has 0 amide bonds. The lowest BCUT2D eigenvalue weighted by Crippen LogP contribution is -2.17. The molecule has 0 N–H and O–H groups in total. The maximum absolute atomic E-state index is 11.0. The van der Waals surface area contributed by atoms with Gasteiger partial charge in [-0.05, 0) is 24.3 Å². The summed E-state index contributed by atoms with van der Waals surface area (Å²) >= 11 is 0. The van der Waals surface area contributed by atoms with Crippen LogP contribution < -0.4 is 0 Å². The third-order valence-corrected chi connectivity index (χ3v) is 2.29. The summed E-state index contributed by atoms with van der Waals surface area (Å²) in [5.41, 5.74) is 8.27. The number of allylic oxidation sites excluding steroid dienone is 1. The van der Waals surface area contributed by atoms with E-state index in [2.05, 4.69) is 14.8 Å². The molecule has 0 saturated carbocycles. The minimum Gasteiger partial charge on any atom is -0.469 e. The summed E-state index contributed by atoms with van der Waals surface area (Å²) in [6, 6.07) is -0.108. The summed E-state index contributed by atoms with van der Waals surface area (Å²) in [6.45, 7) is 0. The Bertz CT molecular complexity index is 282. The molecule has 1 rings (SSSR count). The van der Waals surface area contributed by atoms with Crippen molar-refractivity contribution >= 4 is 5.97 Å². The van der Waals surface area contributed by atoms with Crippen LogP contribution in [0.4, 0.5) is 0 Å². The Hall–Kier alpha value is -1.48. The Morgan fingerprint density at radius 2 is 2.57 bits per heavy atom. The van der Waals surface area contributed by atoms with E-state index in [-0.39, 0.29) is 17.9 Å². The van der Waals surface area contributed by atoms with E-state index >= 15 is 0 Å². The van der Waals surface area contributed by atoms with Gasteiger partial charge in [0, 0.05) is 11.3 Å². The average Bonchev–Trinajstić information content (AvgIpc) is 2.19. The smallest absolute Gasteiger partial charge is 0.305 e. The van der Waals surface area contributed by atoms with Crippen LogP contribution in [-0.4, -0.2) is 19.1 Å². The Morgan fingerprint density at radius 3 is 3.21 bits per heavy atom. The number of carbonyl (C=O) groups excluding carboxylic acids is 1. The van der Waals surface area contributed by atoms with E-state index < -0.39 is 0 Å². The van der Waals surface area contributed by atoms with Gasteiger partial charge in [0.1, 0.15) is 0 Å². The molecule has 0 aromatic rings. The Labute approximate surface area is 82.4 Å². The second-order valence-electron chi connectivity index (χ2n) is 3.32. The molecule has 2 atom stereocenters. The van der Waals surface area contributed by atoms with Gasteiger partial charge in [-0.25, -0.2) is 0 Å². The lowest BCUT2D eigenvalue weighted by Gasteiger charge is -2.20. The predicted octanol–water partition coefficient (Wildman–Crippen LogP) is 2.19. The first-order chi connectivity index (χ1) is 6.76. The first kappa shape index (κ1) is 10.6. The fourth-order valence-corrected chi connectivity index (χ4v) is 1.58. The zero-order chi connectivity index (χ0) is 10.4. The molecule has 0 spiro atoms. The van der Waals surface area contributed by atoms with Crippen LogP contribution in [0.3, 0.4) is 0 Å². The number of nitrogens with zero attached hydrogens (tertiary/aromatic N) is 3. The highest BCUT2D eigenvalue weighted by Gasteiger charge is 2.19. The molecule has 0 unspecified atom stereocenters. The van der Waals surface area contributed by atoms with E-state index in [0.29, 0.717) is 6.42 Å². The molecular weight excluding hydrogens is 182 g/mol. The van der Waals surface area contributed by atoms with Crippen LogP contribution in [0.15, 0.2) is 17.3 Å². The number of rotatable bonds is 3. The first-order valence-electron chi connectivity index (χ1n) is 4.54. The number of esters is 1. The molecule has 1 aliphatic rings. The van der Waals surface area contributed by atoms with Crippen LogP contribution in [-0.2, 0) is 9.53 Å². The van der Waals surface area contributed by atoms with E-state index in [1.165, 1.54) is 7.11 Å². The average molecular weight is 195 g/mol. The Kier molecular flexibility index (Phi) is 4.01. The van der Waals surface area contributed by atoms with Gasteiger partial charge in [-0.15, -0.1) is 0 Å². The van der Waals surface area contributed by atoms with Crippen LogP contribution in [0.1, 0.15) is 19.3 Å². The van der Waals surface area contributed by atoms with Crippen molar-refractivity contribution < 1.29 is 9.53 Å². The fraction of sp³-hybridized carbons (Fsp3) is 0.667. The summed E-state index contributed by atoms with van der Waals surface area (Å²) in [4.78, 5) is 13.7. The normalized spacial score (nSPS) is 25.2. The highest BCUT2D eigenvalue weighted by Crippen LogP contribution is 2.24. The second-order valence-corrected chi connectivity index (χ2v) is 3.32. The SMILES string of the molecule is COC(=O)C[C@@H]1CC=C[C@H](N=[N+]=[N-])C1. The Morgan fingerprint density at radius 1 is 1.79 bits per heavy atom. The van der Waals surface area contributed by atoms with E-state index in [1.54, 1.807) is 0 Å². The van der Waals surface area contributed by atoms with Gasteiger partial charge in [0.25, 0.3) is 0 Å². The van der Waals surface area contributed by atoms with Crippen molar-refractivity contribution in [2.24, 2.45) is 11.0 Å². The third-order valence-electron chi connectivity index (χ3n) is 2.29. The molecule has 0 aromatic heterocycles. The van der Waals surface area contributed by atoms with Gasteiger partial charge in [0.05, 0.1) is 13.2 Å². The molecule has 5 nitrogen and oxygen atoms in total. The second kappa shape index (κ2) is 5.29. The zero-order valence-corrected chi connectivity index (χ0v) is 8.09. The van der Waals surface area contributed by atoms with Crippen LogP contribution in [0.2, 0.25) is 0 Å². The lowest BCUT2D eigenvalue weighted by molar-refractivity contribution is -0.141. The summed E-state index contributed by atoms with van der Waals surface area (Å²) in [5.74, 6) is 0.0351. The van der Waals surface area contributed by atoms with E-state index in [1.807, 2.05) is 12.2 Å². The molecule has 0 fully saturated rings. The largest absolute Gasteiger partial charge is 0.469 e. The molecule has 14 heavy (non-hydrogen) atoms. The summed E-state index contributed by atoms with van der Waals surface area (Å²) in [6.07, 6.45) is 5.82. The monoisotopic (exact) mass is 195 g/mol. The molecule has 0 radical (unpaired) electrons. The van der Waals surface area contributed by atoms with Gasteiger partial charge in [-0.2, -0.15) is 0 Å². The number of methoxy groups -OCH3 is 1. The Balaban J connectivity index is 2.47. The lowest BCUT2D eigenvalue weighted by atomic mass is 9.89. The summed E-state index contributed by atoms with van der Waals surface area (Å²) < 4.78 is 4.58. The van der Waals surface area contributed by atoms with Crippen molar-refractivity contribution in [2.45, 2.75) is 25.3 Å². The van der Waals surface area contributed by atoms with Gasteiger partial charge in [-0.3, -0.25) is 4.79 Å². The molecule has 0 heterocycles. The highest BCUT2D eigenvalue weighted by molar-refractivity contribution is 5.69. The molecule has 0 aliphatic heterocycles. The van der Waals surface area contributed by atoms with Gasteiger partial charge in [0.2, 0.25) is 0 Å². The minimum absolute atomic E-state index is 0.108. The number of hydrogen-bond donors (Lipinski definition) is 0. The summed E-state index contributed by atoms with van der Waals surface area (Å²) in [5, 5.41) is 3.61. The van der Waals surface area contributed by atoms with E-state index in [0.717, 1.165) is 12.8 Å². The van der Waals surface area contributed by atoms with E-state index in [9.17, 15) is 4.79 Å². The van der Waals surface area contributed by atoms with Crippen LogP contribution >= 0.6 is 0 Å². The molecule has 0 saturated heterocycles. The predicted molar refractivity (Wildman–Crippen MR) is 51.4 cm³/mol. The van der Waals surface area contributed by atoms with Crippen molar-refractivity contribution in [1.82, 2.24) is 0 Å². The molecular formula is C9H13N3O2. The fourth-order valence-electron chi connectivity index (χ4n) is 1.58. The van der Waals surface area contributed by atoms with Crippen LogP contribution in [0, 0.1) is 5.92 Å². The molecule has 0 aromatic carbocycles. The number of azide groups is 1. The van der Waals surface area contributed by atoms with Crippen molar-refractivity contribution in [3.05, 3.63) is 22.6 Å². The maximum Gasteiger partial charge on any atom is 0.305 e. The number of ether oxygens (including phenoxy) is 1. The molecule has 5 heteroatoms. The standard InChI is InChI=1S/C9H13N3O2/c1-14-9(13)6-7-3-2-4-8(5-7)11-12-10/h2,4,7-8H,3,5-6H2,1H3/t7-,8+/m1/s1. The quantitative estimate of drug-likeness (QED) is 0.227. The minimum atomic E-state index is -0.204. The molecule has 76 valence electrons. The van der Waals surface area contributed by atoms with E-state index in [4.69, 9.17) is 5.53 Å². The molecule has 1 aliphatic carbocycles. The number of carbonyl (C=O) groups is 1. The first-order valence-corrected chi connectivity index (χ1v) is 4.54. The number of hydrogen-bond acceptors (Lipinski definition) is 3. The van der Waals surface area contributed by atoms with Crippen molar-refractivity contribution in [1.29, 1.82) is 0 Å². The van der Waals surface area contributed by atoms with Gasteiger partial charge in [-0.1, -0.05) is 17.3 Å². The maximum atomic E-state index is 11.0. The topological polar surface area (TPSA) is 75.1 Å². The van der Waals surface area contributed by atoms with Crippen molar-refractivity contribution in [3.8, 4) is 0 Å².